The largest absolute Gasteiger partial charge is 0.345 e. The lowest BCUT2D eigenvalue weighted by Crippen LogP contribution is -2.47. The summed E-state index contributed by atoms with van der Waals surface area (Å²) in [5.41, 5.74) is 0.741. The Morgan fingerprint density at radius 3 is 2.45 bits per heavy atom. The number of aryl methyl sites for hydroxylation is 1. The van der Waals surface area contributed by atoms with E-state index in [-0.39, 0.29) is 5.91 Å². The van der Waals surface area contributed by atoms with Gasteiger partial charge in [-0.25, -0.2) is 0 Å². The number of piperidine rings is 1. The number of carbonyl (C=O) groups excluding carboxylic acids is 1. The van der Waals surface area contributed by atoms with Crippen molar-refractivity contribution in [1.29, 1.82) is 0 Å². The van der Waals surface area contributed by atoms with E-state index in [9.17, 15) is 4.79 Å². The van der Waals surface area contributed by atoms with E-state index < -0.39 is 0 Å². The first-order valence-electron chi connectivity index (χ1n) is 7.23. The Kier molecular flexibility index (Phi) is 4.91. The first-order valence-corrected chi connectivity index (χ1v) is 8.02. The number of halogens is 1. The summed E-state index contributed by atoms with van der Waals surface area (Å²) in [6, 6.07) is 2.84. The number of amides is 1. The zero-order chi connectivity index (χ0) is 14.9. The van der Waals surface area contributed by atoms with Gasteiger partial charge in [0.1, 0.15) is 5.69 Å². The molecule has 1 aliphatic heterocycles. The standard InChI is InChI=1S/C15H24BrN3O/c1-11(2)19-7-5-13(6-8-19)18(4)15(20)14-9-12(16)10-17(14)3/h9-11,13H,5-8H2,1-4H3. The Morgan fingerprint density at radius 2 is 2.00 bits per heavy atom. The normalized spacial score (nSPS) is 17.7. The van der Waals surface area contributed by atoms with Crippen LogP contribution in [0.4, 0.5) is 0 Å². The number of hydrogen-bond donors (Lipinski definition) is 0. The molecule has 0 bridgehead atoms. The van der Waals surface area contributed by atoms with Crippen LogP contribution in [-0.2, 0) is 7.05 Å². The smallest absolute Gasteiger partial charge is 0.270 e. The lowest BCUT2D eigenvalue weighted by Gasteiger charge is -2.38. The molecular weight excluding hydrogens is 318 g/mol. The summed E-state index contributed by atoms with van der Waals surface area (Å²) >= 11 is 3.42. The Labute approximate surface area is 129 Å². The number of rotatable bonds is 3. The summed E-state index contributed by atoms with van der Waals surface area (Å²) < 4.78 is 2.83. The van der Waals surface area contributed by atoms with E-state index in [0.29, 0.717) is 12.1 Å². The molecule has 0 atom stereocenters. The Hall–Kier alpha value is -0.810. The van der Waals surface area contributed by atoms with E-state index in [2.05, 4.69) is 34.7 Å². The molecule has 0 aliphatic carbocycles. The average Bonchev–Trinajstić information content (AvgIpc) is 2.76. The third kappa shape index (κ3) is 3.26. The number of nitrogens with zero attached hydrogens (tertiary/aromatic N) is 3. The van der Waals surface area contributed by atoms with Crippen molar-refractivity contribution in [3.8, 4) is 0 Å². The molecule has 1 aromatic rings. The molecule has 2 rings (SSSR count). The van der Waals surface area contributed by atoms with Crippen LogP contribution in [0.5, 0.6) is 0 Å². The van der Waals surface area contributed by atoms with Crippen LogP contribution in [0.2, 0.25) is 0 Å². The maximum absolute atomic E-state index is 12.6. The third-order valence-electron chi connectivity index (χ3n) is 4.29. The van der Waals surface area contributed by atoms with Crippen LogP contribution in [0, 0.1) is 0 Å². The first kappa shape index (κ1) is 15.6. The molecule has 112 valence electrons. The molecule has 1 amide bonds. The van der Waals surface area contributed by atoms with Crippen molar-refractivity contribution >= 4 is 21.8 Å². The summed E-state index contributed by atoms with van der Waals surface area (Å²) in [5, 5.41) is 0. The molecule has 0 saturated carbocycles. The summed E-state index contributed by atoms with van der Waals surface area (Å²) in [6.45, 7) is 6.63. The fourth-order valence-electron chi connectivity index (χ4n) is 2.87. The zero-order valence-electron chi connectivity index (χ0n) is 12.8. The van der Waals surface area contributed by atoms with Gasteiger partial charge in [-0.15, -0.1) is 0 Å². The van der Waals surface area contributed by atoms with E-state index in [4.69, 9.17) is 0 Å². The van der Waals surface area contributed by atoms with Crippen molar-refractivity contribution in [2.45, 2.75) is 38.8 Å². The molecule has 5 heteroatoms. The van der Waals surface area contributed by atoms with E-state index in [1.165, 1.54) is 0 Å². The van der Waals surface area contributed by atoms with Gasteiger partial charge in [-0.3, -0.25) is 4.79 Å². The summed E-state index contributed by atoms with van der Waals surface area (Å²) in [6.07, 6.45) is 4.04. The molecule has 0 radical (unpaired) electrons. The molecule has 1 aromatic heterocycles. The molecule has 0 N–H and O–H groups in total. The van der Waals surface area contributed by atoms with Crippen molar-refractivity contribution in [2.75, 3.05) is 20.1 Å². The predicted octanol–water partition coefficient (Wildman–Crippen LogP) is 2.73. The van der Waals surface area contributed by atoms with Gasteiger partial charge in [-0.1, -0.05) is 0 Å². The number of likely N-dealkylation sites (tertiary alicyclic amines) is 1. The topological polar surface area (TPSA) is 28.5 Å². The lowest BCUT2D eigenvalue weighted by molar-refractivity contribution is 0.0606. The van der Waals surface area contributed by atoms with Gasteiger partial charge in [-0.2, -0.15) is 0 Å². The molecule has 0 aromatic carbocycles. The third-order valence-corrected chi connectivity index (χ3v) is 4.72. The van der Waals surface area contributed by atoms with E-state index in [0.717, 1.165) is 36.1 Å². The summed E-state index contributed by atoms with van der Waals surface area (Å²) in [5.74, 6) is 0.112. The van der Waals surface area contributed by atoms with Crippen molar-refractivity contribution in [3.05, 3.63) is 22.4 Å². The quantitative estimate of drug-likeness (QED) is 0.845. The molecule has 0 spiro atoms. The van der Waals surface area contributed by atoms with Crippen molar-refractivity contribution in [1.82, 2.24) is 14.4 Å². The summed E-state index contributed by atoms with van der Waals surface area (Å²) in [7, 11) is 3.84. The van der Waals surface area contributed by atoms with Crippen LogP contribution in [0.25, 0.3) is 0 Å². The van der Waals surface area contributed by atoms with E-state index >= 15 is 0 Å². The maximum atomic E-state index is 12.6. The first-order chi connectivity index (χ1) is 9.40. The lowest BCUT2D eigenvalue weighted by atomic mass is 10.0. The molecule has 1 saturated heterocycles. The second-order valence-electron chi connectivity index (χ2n) is 5.93. The van der Waals surface area contributed by atoms with Crippen LogP contribution in [-0.4, -0.2) is 52.5 Å². The van der Waals surface area contributed by atoms with Gasteiger partial charge in [0.05, 0.1) is 0 Å². The van der Waals surface area contributed by atoms with Gasteiger partial charge in [0.25, 0.3) is 5.91 Å². The highest BCUT2D eigenvalue weighted by molar-refractivity contribution is 9.10. The van der Waals surface area contributed by atoms with Gasteiger partial charge in [0, 0.05) is 49.9 Å². The number of aromatic nitrogens is 1. The van der Waals surface area contributed by atoms with E-state index in [1.54, 1.807) is 0 Å². The minimum Gasteiger partial charge on any atom is -0.345 e. The monoisotopic (exact) mass is 341 g/mol. The molecule has 1 aliphatic rings. The second-order valence-corrected chi connectivity index (χ2v) is 6.85. The fourth-order valence-corrected chi connectivity index (χ4v) is 3.40. The van der Waals surface area contributed by atoms with Crippen LogP contribution >= 0.6 is 15.9 Å². The van der Waals surface area contributed by atoms with E-state index in [1.807, 2.05) is 35.8 Å². The molecule has 20 heavy (non-hydrogen) atoms. The highest BCUT2D eigenvalue weighted by Crippen LogP contribution is 2.21. The Morgan fingerprint density at radius 1 is 1.40 bits per heavy atom. The van der Waals surface area contributed by atoms with Crippen molar-refractivity contribution in [2.24, 2.45) is 7.05 Å². The highest BCUT2D eigenvalue weighted by atomic mass is 79.9. The van der Waals surface area contributed by atoms with Gasteiger partial charge < -0.3 is 14.4 Å². The molecular formula is C15H24BrN3O. The summed E-state index contributed by atoms with van der Waals surface area (Å²) in [4.78, 5) is 17.0. The van der Waals surface area contributed by atoms with Crippen molar-refractivity contribution in [3.63, 3.8) is 0 Å². The SMILES string of the molecule is CC(C)N1CCC(N(C)C(=O)c2cc(Br)cn2C)CC1. The molecule has 4 nitrogen and oxygen atoms in total. The van der Waals surface area contributed by atoms with Crippen LogP contribution in [0.3, 0.4) is 0 Å². The molecule has 2 heterocycles. The van der Waals surface area contributed by atoms with Gasteiger partial charge in [-0.05, 0) is 48.7 Å². The Bertz CT molecular complexity index is 475. The minimum absolute atomic E-state index is 0.112. The average molecular weight is 342 g/mol. The maximum Gasteiger partial charge on any atom is 0.270 e. The minimum atomic E-state index is 0.112. The Balaban J connectivity index is 2.00. The zero-order valence-corrected chi connectivity index (χ0v) is 14.4. The highest BCUT2D eigenvalue weighted by Gasteiger charge is 2.27. The number of carbonyl (C=O) groups is 1. The van der Waals surface area contributed by atoms with Gasteiger partial charge in [0.2, 0.25) is 0 Å². The number of hydrogen-bond acceptors (Lipinski definition) is 2. The van der Waals surface area contributed by atoms with Gasteiger partial charge >= 0.3 is 0 Å². The van der Waals surface area contributed by atoms with Crippen molar-refractivity contribution < 1.29 is 4.79 Å². The molecule has 0 unspecified atom stereocenters. The van der Waals surface area contributed by atoms with Crippen LogP contribution in [0.15, 0.2) is 16.7 Å². The van der Waals surface area contributed by atoms with Crippen LogP contribution < -0.4 is 0 Å². The van der Waals surface area contributed by atoms with Gasteiger partial charge in [0.15, 0.2) is 0 Å². The molecule has 1 fully saturated rings. The fraction of sp³-hybridized carbons (Fsp3) is 0.667. The second kappa shape index (κ2) is 6.31. The predicted molar refractivity (Wildman–Crippen MR) is 84.9 cm³/mol. The van der Waals surface area contributed by atoms with Crippen LogP contribution in [0.1, 0.15) is 37.2 Å².